The summed E-state index contributed by atoms with van der Waals surface area (Å²) >= 11 is 10.5. The fourth-order valence-corrected chi connectivity index (χ4v) is 4.61. The SMILES string of the molecule is COCc1nnc(Sc2nc(-c3ccc(Cl)cc3)cs2)s1. The van der Waals surface area contributed by atoms with Crippen molar-refractivity contribution in [2.45, 2.75) is 15.3 Å². The van der Waals surface area contributed by atoms with Gasteiger partial charge in [-0.1, -0.05) is 35.1 Å². The average molecular weight is 356 g/mol. The molecule has 0 bridgehead atoms. The van der Waals surface area contributed by atoms with E-state index in [-0.39, 0.29) is 0 Å². The van der Waals surface area contributed by atoms with E-state index in [9.17, 15) is 0 Å². The molecule has 0 N–H and O–H groups in total. The van der Waals surface area contributed by atoms with Gasteiger partial charge in [0.1, 0.15) is 5.01 Å². The van der Waals surface area contributed by atoms with Gasteiger partial charge in [-0.25, -0.2) is 4.98 Å². The first-order chi connectivity index (χ1) is 10.2. The van der Waals surface area contributed by atoms with Crippen molar-refractivity contribution >= 4 is 46.0 Å². The van der Waals surface area contributed by atoms with E-state index in [1.807, 2.05) is 29.6 Å². The number of ether oxygens (including phenoxy) is 1. The summed E-state index contributed by atoms with van der Waals surface area (Å²) in [6.07, 6.45) is 0. The van der Waals surface area contributed by atoms with Gasteiger partial charge in [0.15, 0.2) is 8.68 Å². The van der Waals surface area contributed by atoms with E-state index in [1.165, 1.54) is 23.1 Å². The average Bonchev–Trinajstić information content (AvgIpc) is 3.11. The number of methoxy groups -OCH3 is 1. The Bertz CT molecular complexity index is 726. The van der Waals surface area contributed by atoms with E-state index in [1.54, 1.807) is 18.4 Å². The Balaban J connectivity index is 1.73. The second-order valence-corrected chi connectivity index (χ2v) is 7.85. The Kier molecular flexibility index (Phi) is 4.87. The lowest BCUT2D eigenvalue weighted by Crippen LogP contribution is -1.84. The van der Waals surface area contributed by atoms with Crippen molar-refractivity contribution in [3.05, 3.63) is 39.7 Å². The van der Waals surface area contributed by atoms with Crippen LogP contribution in [0.5, 0.6) is 0 Å². The monoisotopic (exact) mass is 355 g/mol. The predicted molar refractivity (Wildman–Crippen MR) is 87.3 cm³/mol. The number of benzene rings is 1. The summed E-state index contributed by atoms with van der Waals surface area (Å²) in [6, 6.07) is 7.66. The molecule has 21 heavy (non-hydrogen) atoms. The van der Waals surface area contributed by atoms with Gasteiger partial charge in [0, 0.05) is 23.1 Å². The number of nitrogens with zero attached hydrogens (tertiary/aromatic N) is 3. The lowest BCUT2D eigenvalue weighted by Gasteiger charge is -1.95. The summed E-state index contributed by atoms with van der Waals surface area (Å²) in [7, 11) is 1.65. The quantitative estimate of drug-likeness (QED) is 0.668. The minimum Gasteiger partial charge on any atom is -0.377 e. The van der Waals surface area contributed by atoms with Gasteiger partial charge in [0.05, 0.1) is 12.3 Å². The van der Waals surface area contributed by atoms with Crippen LogP contribution in [0.25, 0.3) is 11.3 Å². The molecule has 0 aliphatic rings. The fourth-order valence-electron chi connectivity index (χ4n) is 1.59. The molecule has 3 aromatic rings. The highest BCUT2D eigenvalue weighted by molar-refractivity contribution is 8.02. The van der Waals surface area contributed by atoms with Gasteiger partial charge in [0.25, 0.3) is 0 Å². The van der Waals surface area contributed by atoms with Crippen LogP contribution in [-0.4, -0.2) is 22.3 Å². The Hall–Kier alpha value is -0.990. The van der Waals surface area contributed by atoms with Crippen LogP contribution in [0.4, 0.5) is 0 Å². The summed E-state index contributed by atoms with van der Waals surface area (Å²) < 4.78 is 6.86. The van der Waals surface area contributed by atoms with Gasteiger partial charge in [-0.15, -0.1) is 21.5 Å². The number of halogens is 1. The molecule has 0 radical (unpaired) electrons. The molecule has 0 saturated heterocycles. The first-order valence-electron chi connectivity index (χ1n) is 5.95. The van der Waals surface area contributed by atoms with Crippen molar-refractivity contribution in [1.29, 1.82) is 0 Å². The number of rotatable bonds is 5. The maximum absolute atomic E-state index is 5.89. The second kappa shape index (κ2) is 6.85. The van der Waals surface area contributed by atoms with Crippen molar-refractivity contribution in [3.63, 3.8) is 0 Å². The molecule has 108 valence electrons. The Morgan fingerprint density at radius 3 is 2.76 bits per heavy atom. The summed E-state index contributed by atoms with van der Waals surface area (Å²) in [5.41, 5.74) is 2.00. The highest BCUT2D eigenvalue weighted by atomic mass is 35.5. The summed E-state index contributed by atoms with van der Waals surface area (Å²) in [4.78, 5) is 4.61. The molecule has 0 aliphatic heterocycles. The van der Waals surface area contributed by atoms with E-state index >= 15 is 0 Å². The van der Waals surface area contributed by atoms with Gasteiger partial charge in [0.2, 0.25) is 0 Å². The molecule has 1 aromatic carbocycles. The number of thiazole rings is 1. The minimum atomic E-state index is 0.492. The second-order valence-electron chi connectivity index (χ2n) is 4.00. The van der Waals surface area contributed by atoms with E-state index in [2.05, 4.69) is 15.2 Å². The van der Waals surface area contributed by atoms with Crippen LogP contribution >= 0.6 is 46.0 Å². The van der Waals surface area contributed by atoms with Crippen LogP contribution in [0.3, 0.4) is 0 Å². The smallest absolute Gasteiger partial charge is 0.181 e. The van der Waals surface area contributed by atoms with Crippen molar-refractivity contribution in [2.75, 3.05) is 7.11 Å². The molecule has 0 unspecified atom stereocenters. The van der Waals surface area contributed by atoms with Crippen LogP contribution in [0, 0.1) is 0 Å². The van der Waals surface area contributed by atoms with Crippen LogP contribution in [0.1, 0.15) is 5.01 Å². The first-order valence-corrected chi connectivity index (χ1v) is 8.84. The van der Waals surface area contributed by atoms with Gasteiger partial charge in [-0.05, 0) is 23.9 Å². The Morgan fingerprint density at radius 1 is 1.19 bits per heavy atom. The Morgan fingerprint density at radius 2 is 2.00 bits per heavy atom. The molecule has 0 atom stereocenters. The van der Waals surface area contributed by atoms with Crippen LogP contribution in [0.15, 0.2) is 38.3 Å². The normalized spacial score (nSPS) is 11.0. The molecule has 3 rings (SSSR count). The van der Waals surface area contributed by atoms with Crippen molar-refractivity contribution < 1.29 is 4.74 Å². The van der Waals surface area contributed by atoms with E-state index < -0.39 is 0 Å². The third kappa shape index (κ3) is 3.81. The highest BCUT2D eigenvalue weighted by Crippen LogP contribution is 2.34. The van der Waals surface area contributed by atoms with E-state index in [0.29, 0.717) is 6.61 Å². The molecule has 2 aromatic heterocycles. The van der Waals surface area contributed by atoms with E-state index in [0.717, 1.165) is 30.0 Å². The van der Waals surface area contributed by atoms with Gasteiger partial charge in [-0.3, -0.25) is 0 Å². The molecule has 0 amide bonds. The van der Waals surface area contributed by atoms with Crippen molar-refractivity contribution in [2.24, 2.45) is 0 Å². The van der Waals surface area contributed by atoms with E-state index in [4.69, 9.17) is 16.3 Å². The third-order valence-corrected chi connectivity index (χ3v) is 5.65. The lowest BCUT2D eigenvalue weighted by atomic mass is 10.2. The lowest BCUT2D eigenvalue weighted by molar-refractivity contribution is 0.184. The molecular formula is C13H10ClN3OS3. The largest absolute Gasteiger partial charge is 0.377 e. The van der Waals surface area contributed by atoms with Gasteiger partial charge >= 0.3 is 0 Å². The predicted octanol–water partition coefficient (Wildman–Crippen LogP) is 4.61. The first kappa shape index (κ1) is 14.9. The molecule has 8 heteroatoms. The van der Waals surface area contributed by atoms with Crippen LogP contribution in [0.2, 0.25) is 5.02 Å². The molecule has 4 nitrogen and oxygen atoms in total. The summed E-state index contributed by atoms with van der Waals surface area (Å²) in [5, 5.41) is 11.8. The molecule has 2 heterocycles. The van der Waals surface area contributed by atoms with Crippen LogP contribution < -0.4 is 0 Å². The Labute approximate surface area is 139 Å². The van der Waals surface area contributed by atoms with Crippen LogP contribution in [-0.2, 0) is 11.3 Å². The molecule has 0 spiro atoms. The zero-order valence-electron chi connectivity index (χ0n) is 10.9. The fraction of sp³-hybridized carbons (Fsp3) is 0.154. The topological polar surface area (TPSA) is 47.9 Å². The minimum absolute atomic E-state index is 0.492. The zero-order valence-corrected chi connectivity index (χ0v) is 14.2. The maximum atomic E-state index is 5.89. The van der Waals surface area contributed by atoms with Gasteiger partial charge in [-0.2, -0.15) is 0 Å². The molecule has 0 fully saturated rings. The number of aromatic nitrogens is 3. The molecule has 0 aliphatic carbocycles. The summed E-state index contributed by atoms with van der Waals surface area (Å²) in [6.45, 7) is 0.492. The number of hydrogen-bond donors (Lipinski definition) is 0. The van der Waals surface area contributed by atoms with Crippen molar-refractivity contribution in [3.8, 4) is 11.3 Å². The summed E-state index contributed by atoms with van der Waals surface area (Å²) in [5.74, 6) is 0. The number of hydrogen-bond acceptors (Lipinski definition) is 7. The van der Waals surface area contributed by atoms with Gasteiger partial charge < -0.3 is 4.74 Å². The maximum Gasteiger partial charge on any atom is 0.181 e. The molecular weight excluding hydrogens is 346 g/mol. The zero-order chi connectivity index (χ0) is 14.7. The third-order valence-electron chi connectivity index (χ3n) is 2.51. The van der Waals surface area contributed by atoms with Crippen molar-refractivity contribution in [1.82, 2.24) is 15.2 Å². The molecule has 0 saturated carbocycles. The standard InChI is InChI=1S/C13H10ClN3OS3/c1-18-6-11-16-17-13(20-11)21-12-15-10(7-19-12)8-2-4-9(14)5-3-8/h2-5,7H,6H2,1H3. The highest BCUT2D eigenvalue weighted by Gasteiger charge is 2.10.